The van der Waals surface area contributed by atoms with Crippen molar-refractivity contribution in [1.29, 1.82) is 0 Å². The molecular formula is C14H14FNO2. The minimum Gasteiger partial charge on any atom is -0.488 e. The van der Waals surface area contributed by atoms with E-state index in [4.69, 9.17) is 15.6 Å². The van der Waals surface area contributed by atoms with Crippen LogP contribution in [0.15, 0.2) is 42.5 Å². The van der Waals surface area contributed by atoms with Gasteiger partial charge in [-0.05, 0) is 18.2 Å². The van der Waals surface area contributed by atoms with Crippen LogP contribution in [-0.2, 0) is 13.2 Å². The lowest BCUT2D eigenvalue weighted by molar-refractivity contribution is 0.259. The molecule has 3 nitrogen and oxygen atoms in total. The van der Waals surface area contributed by atoms with Gasteiger partial charge in [0.05, 0.1) is 6.61 Å². The zero-order valence-corrected chi connectivity index (χ0v) is 9.77. The van der Waals surface area contributed by atoms with E-state index in [1.54, 1.807) is 18.2 Å². The molecule has 0 spiro atoms. The van der Waals surface area contributed by atoms with Crippen molar-refractivity contribution >= 4 is 5.69 Å². The smallest absolute Gasteiger partial charge is 0.125 e. The van der Waals surface area contributed by atoms with Crippen molar-refractivity contribution in [2.75, 3.05) is 5.73 Å². The summed E-state index contributed by atoms with van der Waals surface area (Å²) in [4.78, 5) is 0. The topological polar surface area (TPSA) is 55.5 Å². The Balaban J connectivity index is 2.11. The lowest BCUT2D eigenvalue weighted by atomic mass is 10.2. The molecule has 0 saturated carbocycles. The summed E-state index contributed by atoms with van der Waals surface area (Å²) in [5.74, 6) is 0.232. The van der Waals surface area contributed by atoms with E-state index in [1.165, 1.54) is 12.1 Å². The molecule has 0 aromatic heterocycles. The largest absolute Gasteiger partial charge is 0.488 e. The molecule has 0 heterocycles. The molecule has 0 unspecified atom stereocenters. The lowest BCUT2D eigenvalue weighted by Gasteiger charge is -2.11. The second-order valence-electron chi connectivity index (χ2n) is 3.90. The molecule has 2 aromatic rings. The van der Waals surface area contributed by atoms with Gasteiger partial charge in [0, 0.05) is 16.8 Å². The van der Waals surface area contributed by atoms with Gasteiger partial charge in [-0.3, -0.25) is 0 Å². The maximum absolute atomic E-state index is 12.9. The zero-order valence-electron chi connectivity index (χ0n) is 9.77. The third-order valence-electron chi connectivity index (χ3n) is 2.63. The predicted octanol–water partition coefficient (Wildman–Crippen LogP) is 2.48. The van der Waals surface area contributed by atoms with Gasteiger partial charge >= 0.3 is 0 Å². The molecule has 0 aliphatic heterocycles. The van der Waals surface area contributed by atoms with E-state index >= 15 is 0 Å². The number of aliphatic hydroxyl groups excluding tert-OH is 1. The molecule has 0 aliphatic carbocycles. The summed E-state index contributed by atoms with van der Waals surface area (Å²) >= 11 is 0. The van der Waals surface area contributed by atoms with Crippen LogP contribution in [0.2, 0.25) is 0 Å². The molecule has 0 bridgehead atoms. The van der Waals surface area contributed by atoms with E-state index in [0.717, 1.165) is 0 Å². The van der Waals surface area contributed by atoms with Gasteiger partial charge in [-0.2, -0.15) is 0 Å². The standard InChI is InChI=1S/C14H14FNO2/c15-12-6-5-11(13(16)7-12)9-18-14-4-2-1-3-10(14)8-17/h1-7,17H,8-9,16H2. The molecule has 4 heteroatoms. The minimum atomic E-state index is -0.369. The average molecular weight is 247 g/mol. The molecule has 18 heavy (non-hydrogen) atoms. The summed E-state index contributed by atoms with van der Waals surface area (Å²) in [6.45, 7) is 0.151. The van der Waals surface area contributed by atoms with Crippen LogP contribution in [-0.4, -0.2) is 5.11 Å². The fraction of sp³-hybridized carbons (Fsp3) is 0.143. The van der Waals surface area contributed by atoms with Crippen LogP contribution in [0.1, 0.15) is 11.1 Å². The summed E-state index contributed by atoms with van der Waals surface area (Å²) in [7, 11) is 0. The summed E-state index contributed by atoms with van der Waals surface area (Å²) in [6.07, 6.45) is 0. The van der Waals surface area contributed by atoms with E-state index in [0.29, 0.717) is 22.6 Å². The van der Waals surface area contributed by atoms with E-state index in [9.17, 15) is 4.39 Å². The Morgan fingerprint density at radius 1 is 1.11 bits per heavy atom. The van der Waals surface area contributed by atoms with Gasteiger partial charge in [0.15, 0.2) is 0 Å². The monoisotopic (exact) mass is 247 g/mol. The second kappa shape index (κ2) is 5.51. The fourth-order valence-electron chi connectivity index (χ4n) is 1.63. The first-order valence-electron chi connectivity index (χ1n) is 5.56. The van der Waals surface area contributed by atoms with Crippen molar-refractivity contribution in [3.05, 3.63) is 59.4 Å². The molecule has 0 amide bonds. The Kier molecular flexibility index (Phi) is 3.79. The number of hydrogen-bond acceptors (Lipinski definition) is 3. The summed E-state index contributed by atoms with van der Waals surface area (Å²) in [6, 6.07) is 11.4. The molecule has 2 aromatic carbocycles. The van der Waals surface area contributed by atoms with Crippen molar-refractivity contribution in [1.82, 2.24) is 0 Å². The highest BCUT2D eigenvalue weighted by Gasteiger charge is 2.05. The van der Waals surface area contributed by atoms with E-state index in [-0.39, 0.29) is 19.0 Å². The van der Waals surface area contributed by atoms with Crippen LogP contribution < -0.4 is 10.5 Å². The van der Waals surface area contributed by atoms with Crippen LogP contribution in [0.5, 0.6) is 5.75 Å². The van der Waals surface area contributed by atoms with Crippen LogP contribution in [0.25, 0.3) is 0 Å². The number of para-hydroxylation sites is 1. The van der Waals surface area contributed by atoms with Crippen molar-refractivity contribution in [2.24, 2.45) is 0 Å². The van der Waals surface area contributed by atoms with Gasteiger partial charge in [0.25, 0.3) is 0 Å². The molecule has 0 atom stereocenters. The number of halogens is 1. The van der Waals surface area contributed by atoms with E-state index < -0.39 is 0 Å². The third kappa shape index (κ3) is 2.78. The first kappa shape index (κ1) is 12.4. The number of nitrogens with two attached hydrogens (primary N) is 1. The van der Waals surface area contributed by atoms with Gasteiger partial charge in [-0.25, -0.2) is 4.39 Å². The number of ether oxygens (including phenoxy) is 1. The highest BCUT2D eigenvalue weighted by atomic mass is 19.1. The molecule has 0 radical (unpaired) electrons. The molecule has 3 N–H and O–H groups in total. The molecular weight excluding hydrogens is 233 g/mol. The number of hydrogen-bond donors (Lipinski definition) is 2. The summed E-state index contributed by atoms with van der Waals surface area (Å²) in [5, 5.41) is 9.15. The Morgan fingerprint density at radius 2 is 1.89 bits per heavy atom. The lowest BCUT2D eigenvalue weighted by Crippen LogP contribution is -2.02. The number of benzene rings is 2. The second-order valence-corrected chi connectivity index (χ2v) is 3.90. The minimum absolute atomic E-state index is 0.0882. The maximum atomic E-state index is 12.9. The average Bonchev–Trinajstić information content (AvgIpc) is 2.38. The quantitative estimate of drug-likeness (QED) is 0.816. The number of rotatable bonds is 4. The first-order valence-corrected chi connectivity index (χ1v) is 5.56. The number of nitrogen functional groups attached to an aromatic ring is 1. The molecule has 2 rings (SSSR count). The van der Waals surface area contributed by atoms with E-state index in [1.807, 2.05) is 12.1 Å². The fourth-order valence-corrected chi connectivity index (χ4v) is 1.63. The Hall–Kier alpha value is -2.07. The number of aliphatic hydroxyl groups is 1. The summed E-state index contributed by atoms with van der Waals surface area (Å²) < 4.78 is 18.4. The summed E-state index contributed by atoms with van der Waals surface area (Å²) in [5.41, 5.74) is 7.46. The molecule has 94 valence electrons. The normalized spacial score (nSPS) is 10.3. The number of anilines is 1. The predicted molar refractivity (Wildman–Crippen MR) is 67.5 cm³/mol. The Bertz CT molecular complexity index is 543. The Morgan fingerprint density at radius 3 is 2.61 bits per heavy atom. The van der Waals surface area contributed by atoms with Gasteiger partial charge in [-0.1, -0.05) is 24.3 Å². The van der Waals surface area contributed by atoms with Crippen molar-refractivity contribution in [3.8, 4) is 5.75 Å². The first-order chi connectivity index (χ1) is 8.70. The highest BCUT2D eigenvalue weighted by molar-refractivity contribution is 5.46. The maximum Gasteiger partial charge on any atom is 0.125 e. The van der Waals surface area contributed by atoms with Gasteiger partial charge in [0.1, 0.15) is 18.2 Å². The van der Waals surface area contributed by atoms with Crippen LogP contribution in [0.3, 0.4) is 0 Å². The van der Waals surface area contributed by atoms with Crippen LogP contribution >= 0.6 is 0 Å². The van der Waals surface area contributed by atoms with Crippen molar-refractivity contribution < 1.29 is 14.2 Å². The van der Waals surface area contributed by atoms with E-state index in [2.05, 4.69) is 0 Å². The third-order valence-corrected chi connectivity index (χ3v) is 2.63. The molecule has 0 saturated heterocycles. The molecule has 0 fully saturated rings. The van der Waals surface area contributed by atoms with Crippen LogP contribution in [0, 0.1) is 5.82 Å². The van der Waals surface area contributed by atoms with Crippen molar-refractivity contribution in [2.45, 2.75) is 13.2 Å². The van der Waals surface area contributed by atoms with Gasteiger partial charge in [-0.15, -0.1) is 0 Å². The molecule has 0 aliphatic rings. The van der Waals surface area contributed by atoms with Crippen molar-refractivity contribution in [3.63, 3.8) is 0 Å². The highest BCUT2D eigenvalue weighted by Crippen LogP contribution is 2.21. The Labute approximate surface area is 105 Å². The SMILES string of the molecule is Nc1cc(F)ccc1COc1ccccc1CO. The zero-order chi connectivity index (χ0) is 13.0. The van der Waals surface area contributed by atoms with Gasteiger partial charge in [0.2, 0.25) is 0 Å². The van der Waals surface area contributed by atoms with Gasteiger partial charge < -0.3 is 15.6 Å². The van der Waals surface area contributed by atoms with Crippen LogP contribution in [0.4, 0.5) is 10.1 Å².